The van der Waals surface area contributed by atoms with E-state index in [1.807, 2.05) is 6.20 Å². The second kappa shape index (κ2) is 8.65. The summed E-state index contributed by atoms with van der Waals surface area (Å²) in [5, 5.41) is 7.42. The lowest BCUT2D eigenvalue weighted by Gasteiger charge is -2.14. The molecule has 0 spiro atoms. The maximum absolute atomic E-state index is 3.93. The van der Waals surface area contributed by atoms with Gasteiger partial charge in [-0.3, -0.25) is 0 Å². The van der Waals surface area contributed by atoms with Gasteiger partial charge in [-0.1, -0.05) is 50.4 Å². The molecule has 0 saturated heterocycles. The first-order valence-electron chi connectivity index (χ1n) is 6.39. The van der Waals surface area contributed by atoms with Crippen LogP contribution in [0.25, 0.3) is 0 Å². The Bertz CT molecular complexity index is 249. The van der Waals surface area contributed by atoms with Crippen LogP contribution >= 0.6 is 11.5 Å². The summed E-state index contributed by atoms with van der Waals surface area (Å²) in [4.78, 5) is 1.28. The van der Waals surface area contributed by atoms with Gasteiger partial charge >= 0.3 is 0 Å². The molecular formula is C12H23N3S. The summed E-state index contributed by atoms with van der Waals surface area (Å²) < 4.78 is 3.93. The highest BCUT2D eigenvalue weighted by Crippen LogP contribution is 2.21. The smallest absolute Gasteiger partial charge is 0.0669 e. The fourth-order valence-corrected chi connectivity index (χ4v) is 2.48. The van der Waals surface area contributed by atoms with Gasteiger partial charge in [0.05, 0.1) is 11.1 Å². The molecule has 1 N–H and O–H groups in total. The van der Waals surface area contributed by atoms with Crippen molar-refractivity contribution in [1.29, 1.82) is 0 Å². The molecular weight excluding hydrogens is 218 g/mol. The highest BCUT2D eigenvalue weighted by Gasteiger charge is 2.11. The van der Waals surface area contributed by atoms with Crippen LogP contribution in [0.2, 0.25) is 0 Å². The number of nitrogens with zero attached hydrogens (tertiary/aromatic N) is 2. The maximum atomic E-state index is 3.93. The molecule has 0 bridgehead atoms. The van der Waals surface area contributed by atoms with Crippen LogP contribution in [-0.4, -0.2) is 16.1 Å². The maximum Gasteiger partial charge on any atom is 0.0669 e. The van der Waals surface area contributed by atoms with E-state index in [1.165, 1.54) is 54.9 Å². The molecule has 4 heteroatoms. The third kappa shape index (κ3) is 5.03. The average Bonchev–Trinajstić information content (AvgIpc) is 2.81. The van der Waals surface area contributed by atoms with Crippen molar-refractivity contribution in [2.75, 3.05) is 6.54 Å². The van der Waals surface area contributed by atoms with Crippen molar-refractivity contribution in [3.63, 3.8) is 0 Å². The van der Waals surface area contributed by atoms with Gasteiger partial charge in [0.1, 0.15) is 0 Å². The minimum Gasteiger partial charge on any atom is -0.309 e. The van der Waals surface area contributed by atoms with Crippen LogP contribution in [0.5, 0.6) is 0 Å². The van der Waals surface area contributed by atoms with E-state index in [0.717, 1.165) is 6.54 Å². The van der Waals surface area contributed by atoms with Gasteiger partial charge in [0.2, 0.25) is 0 Å². The van der Waals surface area contributed by atoms with E-state index in [9.17, 15) is 0 Å². The zero-order chi connectivity index (χ0) is 11.6. The Kier molecular flexibility index (Phi) is 7.34. The molecule has 16 heavy (non-hydrogen) atoms. The zero-order valence-corrected chi connectivity index (χ0v) is 11.2. The third-order valence-electron chi connectivity index (χ3n) is 2.77. The van der Waals surface area contributed by atoms with Gasteiger partial charge in [0.15, 0.2) is 0 Å². The number of aromatic nitrogens is 2. The van der Waals surface area contributed by atoms with Crippen molar-refractivity contribution in [3.8, 4) is 0 Å². The first-order valence-corrected chi connectivity index (χ1v) is 7.16. The number of rotatable bonds is 9. The zero-order valence-electron chi connectivity index (χ0n) is 10.4. The molecule has 0 aromatic carbocycles. The quantitative estimate of drug-likeness (QED) is 0.672. The molecule has 3 nitrogen and oxygen atoms in total. The largest absolute Gasteiger partial charge is 0.309 e. The predicted octanol–water partition coefficient (Wildman–Crippen LogP) is 3.55. The molecule has 0 saturated carbocycles. The lowest BCUT2D eigenvalue weighted by molar-refractivity contribution is 0.484. The van der Waals surface area contributed by atoms with Crippen LogP contribution in [0.4, 0.5) is 0 Å². The van der Waals surface area contributed by atoms with Crippen molar-refractivity contribution in [3.05, 3.63) is 11.1 Å². The predicted molar refractivity (Wildman–Crippen MR) is 69.7 cm³/mol. The van der Waals surface area contributed by atoms with Gasteiger partial charge in [-0.05, 0) is 24.5 Å². The van der Waals surface area contributed by atoms with Crippen molar-refractivity contribution >= 4 is 11.5 Å². The molecule has 0 aliphatic rings. The Balaban J connectivity index is 2.24. The van der Waals surface area contributed by atoms with Crippen LogP contribution in [0.1, 0.15) is 63.3 Å². The van der Waals surface area contributed by atoms with Gasteiger partial charge in [-0.25, -0.2) is 0 Å². The molecule has 1 atom stereocenters. The van der Waals surface area contributed by atoms with Crippen molar-refractivity contribution in [1.82, 2.24) is 14.9 Å². The van der Waals surface area contributed by atoms with E-state index in [4.69, 9.17) is 0 Å². The Morgan fingerprint density at radius 2 is 2.06 bits per heavy atom. The van der Waals surface area contributed by atoms with Crippen molar-refractivity contribution in [2.45, 2.75) is 58.4 Å². The lowest BCUT2D eigenvalue weighted by Crippen LogP contribution is -2.19. The molecule has 1 rings (SSSR count). The Morgan fingerprint density at radius 1 is 1.25 bits per heavy atom. The van der Waals surface area contributed by atoms with Gasteiger partial charge < -0.3 is 5.32 Å². The summed E-state index contributed by atoms with van der Waals surface area (Å²) in [5.74, 6) is 0. The molecule has 1 heterocycles. The summed E-state index contributed by atoms with van der Waals surface area (Å²) in [6.45, 7) is 5.42. The molecule has 1 aromatic rings. The van der Waals surface area contributed by atoms with E-state index < -0.39 is 0 Å². The number of hydrogen-bond acceptors (Lipinski definition) is 4. The topological polar surface area (TPSA) is 37.8 Å². The van der Waals surface area contributed by atoms with Gasteiger partial charge in [0, 0.05) is 6.04 Å². The van der Waals surface area contributed by atoms with Crippen molar-refractivity contribution < 1.29 is 0 Å². The van der Waals surface area contributed by atoms with Crippen LogP contribution in [-0.2, 0) is 0 Å². The fraction of sp³-hybridized carbons (Fsp3) is 0.833. The fourth-order valence-electron chi connectivity index (χ4n) is 1.87. The third-order valence-corrected chi connectivity index (χ3v) is 3.55. The number of hydrogen-bond donors (Lipinski definition) is 1. The van der Waals surface area contributed by atoms with E-state index >= 15 is 0 Å². The molecule has 0 aliphatic carbocycles. The molecule has 0 radical (unpaired) electrons. The van der Waals surface area contributed by atoms with Gasteiger partial charge in [-0.2, -0.15) is 0 Å². The normalized spacial score (nSPS) is 12.9. The van der Waals surface area contributed by atoms with Crippen LogP contribution in [0.15, 0.2) is 6.20 Å². The molecule has 0 amide bonds. The Hall–Kier alpha value is -0.480. The van der Waals surface area contributed by atoms with Gasteiger partial charge in [0.25, 0.3) is 0 Å². The standard InChI is InChI=1S/C12H23N3S/c1-3-5-6-7-8-9-11(13-4-2)12-10-14-15-16-12/h10-11,13H,3-9H2,1-2H3. The Labute approximate surface area is 103 Å². The summed E-state index contributed by atoms with van der Waals surface area (Å²) in [5.41, 5.74) is 0. The van der Waals surface area contributed by atoms with E-state index in [2.05, 4.69) is 28.8 Å². The van der Waals surface area contributed by atoms with Crippen LogP contribution in [0.3, 0.4) is 0 Å². The van der Waals surface area contributed by atoms with E-state index in [0.29, 0.717) is 6.04 Å². The summed E-state index contributed by atoms with van der Waals surface area (Å²) in [7, 11) is 0. The highest BCUT2D eigenvalue weighted by molar-refractivity contribution is 7.05. The average molecular weight is 241 g/mol. The van der Waals surface area contributed by atoms with E-state index in [-0.39, 0.29) is 0 Å². The SMILES string of the molecule is CCCCCCCC(NCC)c1cnns1. The monoisotopic (exact) mass is 241 g/mol. The second-order valence-corrected chi connectivity index (χ2v) is 4.95. The number of unbranched alkanes of at least 4 members (excludes halogenated alkanes) is 4. The molecule has 92 valence electrons. The number of nitrogens with one attached hydrogen (secondary N) is 1. The minimum absolute atomic E-state index is 0.464. The molecule has 1 unspecified atom stereocenters. The molecule has 0 aliphatic heterocycles. The van der Waals surface area contributed by atoms with Crippen LogP contribution < -0.4 is 5.32 Å². The summed E-state index contributed by atoms with van der Waals surface area (Å²) >= 11 is 1.52. The first kappa shape index (κ1) is 13.6. The molecule has 0 fully saturated rings. The first-order chi connectivity index (χ1) is 7.88. The summed E-state index contributed by atoms with van der Waals surface area (Å²) in [6.07, 6.45) is 9.81. The van der Waals surface area contributed by atoms with Gasteiger partial charge in [-0.15, -0.1) is 5.10 Å². The van der Waals surface area contributed by atoms with Crippen LogP contribution in [0, 0.1) is 0 Å². The second-order valence-electron chi connectivity index (χ2n) is 4.13. The Morgan fingerprint density at radius 3 is 2.69 bits per heavy atom. The van der Waals surface area contributed by atoms with E-state index in [1.54, 1.807) is 0 Å². The molecule has 1 aromatic heterocycles. The lowest BCUT2D eigenvalue weighted by atomic mass is 10.1. The highest BCUT2D eigenvalue weighted by atomic mass is 32.1. The van der Waals surface area contributed by atoms with Crippen molar-refractivity contribution in [2.24, 2.45) is 0 Å². The summed E-state index contributed by atoms with van der Waals surface area (Å²) in [6, 6.07) is 0.464. The minimum atomic E-state index is 0.464.